The summed E-state index contributed by atoms with van der Waals surface area (Å²) in [6.07, 6.45) is 2.14. The minimum Gasteiger partial charge on any atom is -0.0955 e. The van der Waals surface area contributed by atoms with Gasteiger partial charge in [0.2, 0.25) is 0 Å². The van der Waals surface area contributed by atoms with Crippen molar-refractivity contribution in [3.05, 3.63) is 23.8 Å². The smallest absolute Gasteiger partial charge is 0.0149 e. The Morgan fingerprint density at radius 3 is 1.87 bits per heavy atom. The highest BCUT2D eigenvalue weighted by Gasteiger charge is 2.03. The maximum atomic E-state index is 4.06. The van der Waals surface area contributed by atoms with E-state index in [1.165, 1.54) is 5.57 Å². The molecule has 0 fully saturated rings. The van der Waals surface area contributed by atoms with Crippen LogP contribution in [-0.4, -0.2) is 0 Å². The summed E-state index contributed by atoms with van der Waals surface area (Å²) in [7, 11) is 0. The molecule has 0 saturated heterocycles. The molecule has 0 bridgehead atoms. The van der Waals surface area contributed by atoms with Crippen LogP contribution >= 0.6 is 0 Å². The van der Waals surface area contributed by atoms with Crippen LogP contribution in [0.2, 0.25) is 0 Å². The van der Waals surface area contributed by atoms with Crippen molar-refractivity contribution in [3.8, 4) is 11.8 Å². The Morgan fingerprint density at radius 2 is 1.53 bits per heavy atom. The Bertz CT molecular complexity index is 290. The van der Waals surface area contributed by atoms with Crippen LogP contribution in [-0.2, 0) is 0 Å². The van der Waals surface area contributed by atoms with Crippen LogP contribution in [0.25, 0.3) is 0 Å². The molecular weight excluding hydrogens is 180 g/mol. The van der Waals surface area contributed by atoms with E-state index in [2.05, 4.69) is 66.0 Å². The molecule has 0 heterocycles. The summed E-state index contributed by atoms with van der Waals surface area (Å²) in [5.41, 5.74) is 2.36. The molecule has 0 aliphatic carbocycles. The zero-order valence-electron chi connectivity index (χ0n) is 11.0. The molecule has 15 heavy (non-hydrogen) atoms. The summed E-state index contributed by atoms with van der Waals surface area (Å²) in [6.45, 7) is 17.0. The molecule has 0 N–H and O–H groups in total. The Hall–Kier alpha value is -0.960. The molecule has 0 spiro atoms. The molecule has 0 atom stereocenters. The van der Waals surface area contributed by atoms with Gasteiger partial charge in [-0.1, -0.05) is 65.5 Å². The topological polar surface area (TPSA) is 0 Å². The van der Waals surface area contributed by atoms with Gasteiger partial charge in [0.25, 0.3) is 0 Å². The average Bonchev–Trinajstić information content (AvgIpc) is 2.10. The van der Waals surface area contributed by atoms with Crippen molar-refractivity contribution in [1.82, 2.24) is 0 Å². The van der Waals surface area contributed by atoms with E-state index in [9.17, 15) is 0 Å². The lowest BCUT2D eigenvalue weighted by atomic mass is 9.96. The molecule has 0 aromatic carbocycles. The minimum atomic E-state index is 0.430. The van der Waals surface area contributed by atoms with Crippen molar-refractivity contribution in [1.29, 1.82) is 0 Å². The Balaban J connectivity index is 4.85. The van der Waals surface area contributed by atoms with E-state index >= 15 is 0 Å². The summed E-state index contributed by atoms with van der Waals surface area (Å²) in [4.78, 5) is 0. The average molecular weight is 204 g/mol. The summed E-state index contributed by atoms with van der Waals surface area (Å²) >= 11 is 0. The van der Waals surface area contributed by atoms with Gasteiger partial charge in [0.15, 0.2) is 0 Å². The van der Waals surface area contributed by atoms with Gasteiger partial charge < -0.3 is 0 Å². The Labute approximate surface area is 95.5 Å². The molecule has 0 aromatic rings. The molecule has 0 nitrogen and oxygen atoms in total. The van der Waals surface area contributed by atoms with Crippen LogP contribution in [0.3, 0.4) is 0 Å². The maximum Gasteiger partial charge on any atom is 0.0149 e. The normalized spacial score (nSPS) is 11.9. The van der Waals surface area contributed by atoms with Gasteiger partial charge in [-0.05, 0) is 17.9 Å². The standard InChI is InChI=1S/C15H24/c1-11(2)8-9-15(13(5)6)10-14(7)12(3)4/h10-13H,7H2,1-6H3/b15-10+. The van der Waals surface area contributed by atoms with Crippen LogP contribution in [0.15, 0.2) is 23.8 Å². The lowest BCUT2D eigenvalue weighted by Gasteiger charge is -2.08. The molecule has 84 valence electrons. The van der Waals surface area contributed by atoms with E-state index in [4.69, 9.17) is 0 Å². The van der Waals surface area contributed by atoms with E-state index < -0.39 is 0 Å². The third kappa shape index (κ3) is 6.18. The van der Waals surface area contributed by atoms with Gasteiger partial charge in [-0.3, -0.25) is 0 Å². The second-order valence-electron chi connectivity index (χ2n) is 4.91. The zero-order valence-corrected chi connectivity index (χ0v) is 11.0. The van der Waals surface area contributed by atoms with Gasteiger partial charge in [-0.2, -0.15) is 0 Å². The Morgan fingerprint density at radius 1 is 1.00 bits per heavy atom. The Kier molecular flexibility index (Phi) is 6.09. The van der Waals surface area contributed by atoms with E-state index in [0.29, 0.717) is 17.8 Å². The van der Waals surface area contributed by atoms with Crippen LogP contribution in [0.5, 0.6) is 0 Å². The SMILES string of the molecule is C=C(/C=C(\C#CC(C)C)C(C)C)C(C)C. The fourth-order valence-corrected chi connectivity index (χ4v) is 0.941. The van der Waals surface area contributed by atoms with E-state index in [1.54, 1.807) is 0 Å². The van der Waals surface area contributed by atoms with Crippen LogP contribution in [0, 0.1) is 29.6 Å². The second kappa shape index (κ2) is 6.51. The lowest BCUT2D eigenvalue weighted by Crippen LogP contribution is -1.96. The van der Waals surface area contributed by atoms with Crippen molar-refractivity contribution < 1.29 is 0 Å². The predicted octanol–water partition coefficient (Wildman–Crippen LogP) is 4.44. The largest absolute Gasteiger partial charge is 0.0955 e. The maximum absolute atomic E-state index is 4.06. The van der Waals surface area contributed by atoms with Gasteiger partial charge >= 0.3 is 0 Å². The van der Waals surface area contributed by atoms with Crippen LogP contribution in [0.4, 0.5) is 0 Å². The van der Waals surface area contributed by atoms with Crippen LogP contribution < -0.4 is 0 Å². The van der Waals surface area contributed by atoms with E-state index in [-0.39, 0.29) is 0 Å². The van der Waals surface area contributed by atoms with Crippen molar-refractivity contribution in [2.24, 2.45) is 17.8 Å². The third-order valence-electron chi connectivity index (χ3n) is 2.21. The molecular formula is C15H24. The molecule has 0 saturated carbocycles. The van der Waals surface area contributed by atoms with E-state index in [1.807, 2.05) is 0 Å². The molecule has 0 aliphatic heterocycles. The van der Waals surface area contributed by atoms with Gasteiger partial charge in [0, 0.05) is 11.5 Å². The summed E-state index contributed by atoms with van der Waals surface area (Å²) < 4.78 is 0. The van der Waals surface area contributed by atoms with Gasteiger partial charge in [-0.15, -0.1) is 0 Å². The summed E-state index contributed by atoms with van der Waals surface area (Å²) in [6, 6.07) is 0. The van der Waals surface area contributed by atoms with Gasteiger partial charge in [0.1, 0.15) is 0 Å². The molecule has 0 rings (SSSR count). The van der Waals surface area contributed by atoms with Gasteiger partial charge in [-0.25, -0.2) is 0 Å². The first-order valence-corrected chi connectivity index (χ1v) is 5.76. The highest BCUT2D eigenvalue weighted by atomic mass is 14.1. The van der Waals surface area contributed by atoms with Crippen LogP contribution in [0.1, 0.15) is 41.5 Å². The molecule has 0 heteroatoms. The quantitative estimate of drug-likeness (QED) is 0.471. The highest BCUT2D eigenvalue weighted by Crippen LogP contribution is 2.16. The first kappa shape index (κ1) is 14.0. The van der Waals surface area contributed by atoms with Crippen molar-refractivity contribution >= 4 is 0 Å². The minimum absolute atomic E-state index is 0.430. The molecule has 0 aromatic heterocycles. The monoisotopic (exact) mass is 204 g/mol. The number of allylic oxidation sites excluding steroid dienone is 3. The summed E-state index contributed by atoms with van der Waals surface area (Å²) in [5, 5.41) is 0. The number of rotatable bonds is 3. The highest BCUT2D eigenvalue weighted by molar-refractivity contribution is 5.36. The van der Waals surface area contributed by atoms with Crippen molar-refractivity contribution in [2.45, 2.75) is 41.5 Å². The molecule has 0 unspecified atom stereocenters. The fraction of sp³-hybridized carbons (Fsp3) is 0.600. The zero-order chi connectivity index (χ0) is 12.0. The van der Waals surface area contributed by atoms with Crippen molar-refractivity contribution in [2.75, 3.05) is 0 Å². The molecule has 0 radical (unpaired) electrons. The van der Waals surface area contributed by atoms with E-state index in [0.717, 1.165) is 5.57 Å². The lowest BCUT2D eigenvalue weighted by molar-refractivity contribution is 0.768. The number of hydrogen-bond donors (Lipinski definition) is 0. The first-order valence-electron chi connectivity index (χ1n) is 5.76. The fourth-order valence-electron chi connectivity index (χ4n) is 0.941. The summed E-state index contributed by atoms with van der Waals surface area (Å²) in [5.74, 6) is 7.87. The van der Waals surface area contributed by atoms with Crippen molar-refractivity contribution in [3.63, 3.8) is 0 Å². The second-order valence-corrected chi connectivity index (χ2v) is 4.91. The third-order valence-corrected chi connectivity index (χ3v) is 2.21. The molecule has 0 amide bonds. The predicted molar refractivity (Wildman–Crippen MR) is 69.5 cm³/mol. The first-order chi connectivity index (χ1) is 6.84. The van der Waals surface area contributed by atoms with Gasteiger partial charge in [0.05, 0.1) is 0 Å². The molecule has 0 aliphatic rings. The number of hydrogen-bond acceptors (Lipinski definition) is 0.